The van der Waals surface area contributed by atoms with Crippen LogP contribution in [0.1, 0.15) is 23.5 Å². The van der Waals surface area contributed by atoms with E-state index in [4.69, 9.17) is 4.52 Å². The van der Waals surface area contributed by atoms with Crippen molar-refractivity contribution in [3.05, 3.63) is 65.0 Å². The lowest BCUT2D eigenvalue weighted by atomic mass is 9.96. The van der Waals surface area contributed by atoms with Gasteiger partial charge in [-0.3, -0.25) is 9.59 Å². The number of piperidine rings is 1. The van der Waals surface area contributed by atoms with E-state index in [0.717, 1.165) is 15.3 Å². The third-order valence-corrected chi connectivity index (χ3v) is 6.30. The Labute approximate surface area is 183 Å². The zero-order chi connectivity index (χ0) is 21.8. The number of likely N-dealkylation sites (tertiary alicyclic amines) is 1. The number of nitrogens with zero attached hydrogens (tertiary/aromatic N) is 2. The number of hydrogen-bond donors (Lipinski definition) is 1. The topological polar surface area (TPSA) is 75.4 Å². The number of amides is 2. The molecule has 1 aliphatic heterocycles. The van der Waals surface area contributed by atoms with Gasteiger partial charge in [0.05, 0.1) is 0 Å². The maximum Gasteiger partial charge on any atom is 0.246 e. The first kappa shape index (κ1) is 21.0. The van der Waals surface area contributed by atoms with Crippen molar-refractivity contribution < 1.29 is 18.5 Å². The molecule has 0 unspecified atom stereocenters. The van der Waals surface area contributed by atoms with Crippen LogP contribution in [0.3, 0.4) is 0 Å². The summed E-state index contributed by atoms with van der Waals surface area (Å²) >= 11 is 1.54. The summed E-state index contributed by atoms with van der Waals surface area (Å²) in [5.41, 5.74) is 0.943. The minimum Gasteiger partial charge on any atom is -0.360 e. The summed E-state index contributed by atoms with van der Waals surface area (Å²) < 4.78 is 18.0. The summed E-state index contributed by atoms with van der Waals surface area (Å²) in [6.45, 7) is 2.83. The quantitative estimate of drug-likeness (QED) is 0.583. The SMILES string of the molecule is Cc1cc(NC(=O)C2CCN(C(=O)/C=C/c3ccc(-c4ccc(F)cc4)s3)CC2)no1. The molecule has 1 aromatic carbocycles. The number of halogens is 1. The number of aromatic nitrogens is 1. The Morgan fingerprint density at radius 1 is 1.19 bits per heavy atom. The molecule has 1 aliphatic rings. The highest BCUT2D eigenvalue weighted by atomic mass is 32.1. The number of nitrogens with one attached hydrogen (secondary N) is 1. The predicted octanol–water partition coefficient (Wildman–Crippen LogP) is 4.74. The Bertz CT molecular complexity index is 1100. The van der Waals surface area contributed by atoms with Crippen LogP contribution in [0.15, 0.2) is 53.1 Å². The van der Waals surface area contributed by atoms with Crippen molar-refractivity contribution in [3.63, 3.8) is 0 Å². The third kappa shape index (κ3) is 5.27. The second kappa shape index (κ2) is 9.26. The molecule has 3 heterocycles. The highest BCUT2D eigenvalue weighted by Gasteiger charge is 2.27. The van der Waals surface area contributed by atoms with E-state index in [-0.39, 0.29) is 23.5 Å². The highest BCUT2D eigenvalue weighted by molar-refractivity contribution is 7.16. The van der Waals surface area contributed by atoms with E-state index in [0.29, 0.717) is 37.5 Å². The Hall–Kier alpha value is -3.26. The van der Waals surface area contributed by atoms with Gasteiger partial charge in [0.25, 0.3) is 0 Å². The molecule has 1 fully saturated rings. The van der Waals surface area contributed by atoms with Crippen LogP contribution < -0.4 is 5.32 Å². The van der Waals surface area contributed by atoms with E-state index >= 15 is 0 Å². The Morgan fingerprint density at radius 3 is 2.61 bits per heavy atom. The second-order valence-electron chi connectivity index (χ2n) is 7.45. The molecule has 2 aromatic heterocycles. The number of aryl methyl sites for hydroxylation is 1. The Balaban J connectivity index is 1.28. The molecule has 0 aliphatic carbocycles. The molecular formula is C23H22FN3O3S. The van der Waals surface area contributed by atoms with Crippen molar-refractivity contribution in [2.45, 2.75) is 19.8 Å². The van der Waals surface area contributed by atoms with Gasteiger partial charge in [0.15, 0.2) is 5.82 Å². The van der Waals surface area contributed by atoms with Crippen molar-refractivity contribution in [2.75, 3.05) is 18.4 Å². The van der Waals surface area contributed by atoms with Crippen molar-refractivity contribution in [3.8, 4) is 10.4 Å². The molecule has 2 amide bonds. The highest BCUT2D eigenvalue weighted by Crippen LogP contribution is 2.29. The number of benzene rings is 1. The summed E-state index contributed by atoms with van der Waals surface area (Å²) in [5, 5.41) is 6.54. The first-order valence-electron chi connectivity index (χ1n) is 10.0. The maximum atomic E-state index is 13.1. The van der Waals surface area contributed by atoms with Crippen molar-refractivity contribution in [1.29, 1.82) is 0 Å². The predicted molar refractivity (Wildman–Crippen MR) is 118 cm³/mol. The molecule has 8 heteroatoms. The molecule has 1 saturated heterocycles. The molecule has 0 bridgehead atoms. The van der Waals surface area contributed by atoms with Gasteiger partial charge in [0, 0.05) is 40.9 Å². The van der Waals surface area contributed by atoms with Gasteiger partial charge in [-0.1, -0.05) is 17.3 Å². The first-order chi connectivity index (χ1) is 15.0. The molecular weight excluding hydrogens is 417 g/mol. The van der Waals surface area contributed by atoms with E-state index in [1.807, 2.05) is 12.1 Å². The number of carbonyl (C=O) groups is 2. The number of hydrogen-bond acceptors (Lipinski definition) is 5. The van der Waals surface area contributed by atoms with Gasteiger partial charge < -0.3 is 14.7 Å². The number of thiophene rings is 1. The zero-order valence-electron chi connectivity index (χ0n) is 17.0. The normalized spacial score (nSPS) is 14.8. The summed E-state index contributed by atoms with van der Waals surface area (Å²) in [4.78, 5) is 28.6. The van der Waals surface area contributed by atoms with Crippen molar-refractivity contribution in [2.24, 2.45) is 5.92 Å². The van der Waals surface area contributed by atoms with Gasteiger partial charge >= 0.3 is 0 Å². The van der Waals surface area contributed by atoms with Gasteiger partial charge in [-0.2, -0.15) is 0 Å². The minimum atomic E-state index is -0.263. The first-order valence-corrected chi connectivity index (χ1v) is 10.9. The van der Waals surface area contributed by atoms with E-state index in [1.165, 1.54) is 12.1 Å². The van der Waals surface area contributed by atoms with Crippen molar-refractivity contribution >= 4 is 35.0 Å². The Morgan fingerprint density at radius 2 is 1.94 bits per heavy atom. The van der Waals surface area contributed by atoms with Crippen LogP contribution in [0.2, 0.25) is 0 Å². The number of anilines is 1. The monoisotopic (exact) mass is 439 g/mol. The molecule has 4 rings (SSSR count). The van der Waals surface area contributed by atoms with Crippen LogP contribution in [0.4, 0.5) is 10.2 Å². The molecule has 6 nitrogen and oxygen atoms in total. The summed E-state index contributed by atoms with van der Waals surface area (Å²) in [6, 6.07) is 11.9. The fourth-order valence-electron chi connectivity index (χ4n) is 3.49. The van der Waals surface area contributed by atoms with Gasteiger partial charge in [-0.25, -0.2) is 4.39 Å². The molecule has 0 radical (unpaired) electrons. The largest absolute Gasteiger partial charge is 0.360 e. The van der Waals surface area contributed by atoms with Crippen LogP contribution in [0, 0.1) is 18.7 Å². The molecule has 0 saturated carbocycles. The molecule has 0 atom stereocenters. The Kier molecular flexibility index (Phi) is 6.27. The van der Waals surface area contributed by atoms with Crippen LogP contribution >= 0.6 is 11.3 Å². The smallest absolute Gasteiger partial charge is 0.246 e. The average Bonchev–Trinajstić information content (AvgIpc) is 3.41. The number of rotatable bonds is 5. The lowest BCUT2D eigenvalue weighted by molar-refractivity contribution is -0.130. The molecule has 0 spiro atoms. The van der Waals surface area contributed by atoms with Gasteiger partial charge in [-0.05, 0) is 55.7 Å². The van der Waals surface area contributed by atoms with E-state index in [9.17, 15) is 14.0 Å². The summed E-state index contributed by atoms with van der Waals surface area (Å²) in [6.07, 6.45) is 4.58. The van der Waals surface area contributed by atoms with E-state index < -0.39 is 0 Å². The minimum absolute atomic E-state index is 0.0669. The van der Waals surface area contributed by atoms with Crippen LogP contribution in [0.5, 0.6) is 0 Å². The lowest BCUT2D eigenvalue weighted by Crippen LogP contribution is -2.40. The summed E-state index contributed by atoms with van der Waals surface area (Å²) in [7, 11) is 0. The van der Waals surface area contributed by atoms with E-state index in [2.05, 4.69) is 10.5 Å². The molecule has 3 aromatic rings. The average molecular weight is 440 g/mol. The summed E-state index contributed by atoms with van der Waals surface area (Å²) in [5.74, 6) is 0.476. The third-order valence-electron chi connectivity index (χ3n) is 5.20. The fraction of sp³-hybridized carbons (Fsp3) is 0.261. The molecule has 31 heavy (non-hydrogen) atoms. The maximum absolute atomic E-state index is 13.1. The number of carbonyl (C=O) groups excluding carboxylic acids is 2. The van der Waals surface area contributed by atoms with Crippen molar-refractivity contribution in [1.82, 2.24) is 10.1 Å². The lowest BCUT2D eigenvalue weighted by Gasteiger charge is -2.30. The fourth-order valence-corrected chi connectivity index (χ4v) is 4.40. The second-order valence-corrected chi connectivity index (χ2v) is 8.57. The zero-order valence-corrected chi connectivity index (χ0v) is 17.8. The van der Waals surface area contributed by atoms with E-state index in [1.54, 1.807) is 53.5 Å². The van der Waals surface area contributed by atoms with Gasteiger partial charge in [-0.15, -0.1) is 11.3 Å². The van der Waals surface area contributed by atoms with Crippen LogP contribution in [-0.2, 0) is 9.59 Å². The standard InChI is InChI=1S/C23H22FN3O3S/c1-15-14-21(26-30-15)25-23(29)17-10-12-27(13-11-17)22(28)9-7-19-6-8-20(31-19)16-2-4-18(24)5-3-16/h2-9,14,17H,10-13H2,1H3,(H,25,26,29)/b9-7+. The van der Waals surface area contributed by atoms with Gasteiger partial charge in [0.1, 0.15) is 11.6 Å². The molecule has 1 N–H and O–H groups in total. The van der Waals surface area contributed by atoms with Crippen LogP contribution in [0.25, 0.3) is 16.5 Å². The van der Waals surface area contributed by atoms with Gasteiger partial charge in [0.2, 0.25) is 11.8 Å². The molecule has 160 valence electrons. The van der Waals surface area contributed by atoms with Crippen LogP contribution in [-0.4, -0.2) is 35.0 Å².